The first-order valence-electron chi connectivity index (χ1n) is 12.1. The number of rotatable bonds is 11. The summed E-state index contributed by atoms with van der Waals surface area (Å²) in [6, 6.07) is 2.86. The zero-order valence-corrected chi connectivity index (χ0v) is 17.9. The van der Waals surface area contributed by atoms with Gasteiger partial charge in [0.2, 0.25) is 0 Å². The van der Waals surface area contributed by atoms with Crippen molar-refractivity contribution < 1.29 is 0 Å². The van der Waals surface area contributed by atoms with E-state index in [-0.39, 0.29) is 5.41 Å². The Bertz CT molecular complexity index is 391. The number of hydrogen-bond acceptors (Lipinski definition) is 1. The van der Waals surface area contributed by atoms with Gasteiger partial charge in [-0.1, -0.05) is 90.9 Å². The summed E-state index contributed by atoms with van der Waals surface area (Å²) in [4.78, 5) is 0. The van der Waals surface area contributed by atoms with Crippen molar-refractivity contribution in [2.24, 2.45) is 23.2 Å². The van der Waals surface area contributed by atoms with E-state index in [1.54, 1.807) is 0 Å². The molecule has 0 aromatic rings. The van der Waals surface area contributed by atoms with E-state index in [0.29, 0.717) is 5.92 Å². The van der Waals surface area contributed by atoms with Gasteiger partial charge >= 0.3 is 0 Å². The summed E-state index contributed by atoms with van der Waals surface area (Å²) < 4.78 is 0. The minimum Gasteiger partial charge on any atom is -0.198 e. The van der Waals surface area contributed by atoms with E-state index in [4.69, 9.17) is 0 Å². The van der Waals surface area contributed by atoms with Crippen molar-refractivity contribution in [2.45, 2.75) is 129 Å². The van der Waals surface area contributed by atoms with E-state index in [1.807, 2.05) is 0 Å². The summed E-state index contributed by atoms with van der Waals surface area (Å²) >= 11 is 0. The number of nitrogens with zero attached hydrogens (tertiary/aromatic N) is 1. The summed E-state index contributed by atoms with van der Waals surface area (Å²) in [7, 11) is 0. The third-order valence-electron chi connectivity index (χ3n) is 7.78. The first-order valence-corrected chi connectivity index (χ1v) is 12.1. The van der Waals surface area contributed by atoms with E-state index in [0.717, 1.165) is 11.8 Å². The Hall–Kier alpha value is -0.510. The largest absolute Gasteiger partial charge is 0.198 e. The van der Waals surface area contributed by atoms with Crippen LogP contribution in [0, 0.1) is 34.5 Å². The number of hydrogen-bond donors (Lipinski definition) is 0. The molecule has 26 heavy (non-hydrogen) atoms. The molecule has 0 atom stereocenters. The molecule has 150 valence electrons. The van der Waals surface area contributed by atoms with E-state index >= 15 is 0 Å². The van der Waals surface area contributed by atoms with Gasteiger partial charge in [0.15, 0.2) is 0 Å². The van der Waals surface area contributed by atoms with E-state index in [2.05, 4.69) is 19.9 Å². The molecule has 0 N–H and O–H groups in total. The van der Waals surface area contributed by atoms with Crippen LogP contribution in [0.25, 0.3) is 0 Å². The molecule has 0 aromatic carbocycles. The second kappa shape index (κ2) is 12.0. The van der Waals surface area contributed by atoms with Crippen LogP contribution in [-0.2, 0) is 0 Å². The summed E-state index contributed by atoms with van der Waals surface area (Å²) in [6.07, 6.45) is 24.6. The minimum atomic E-state index is 0.0490. The Morgan fingerprint density at radius 3 is 1.77 bits per heavy atom. The molecule has 0 saturated heterocycles. The summed E-state index contributed by atoms with van der Waals surface area (Å²) in [5, 5.41) is 10.0. The molecular formula is C25H45N. The Balaban J connectivity index is 1.69. The molecule has 0 amide bonds. The first-order chi connectivity index (χ1) is 12.7. The maximum Gasteiger partial charge on any atom is 0.0692 e. The predicted molar refractivity (Wildman–Crippen MR) is 113 cm³/mol. The second-order valence-electron chi connectivity index (χ2n) is 9.63. The lowest BCUT2D eigenvalue weighted by Gasteiger charge is -2.43. The van der Waals surface area contributed by atoms with Crippen LogP contribution in [0.1, 0.15) is 129 Å². The Morgan fingerprint density at radius 1 is 0.692 bits per heavy atom. The lowest BCUT2D eigenvalue weighted by Crippen LogP contribution is -2.36. The van der Waals surface area contributed by atoms with Gasteiger partial charge in [-0.3, -0.25) is 0 Å². The highest BCUT2D eigenvalue weighted by Gasteiger charge is 2.43. The van der Waals surface area contributed by atoms with Gasteiger partial charge in [0, 0.05) is 0 Å². The van der Waals surface area contributed by atoms with Crippen molar-refractivity contribution in [3.8, 4) is 6.07 Å². The van der Waals surface area contributed by atoms with Crippen molar-refractivity contribution in [3.63, 3.8) is 0 Å². The molecular weight excluding hydrogens is 314 g/mol. The van der Waals surface area contributed by atoms with Crippen LogP contribution in [-0.4, -0.2) is 0 Å². The normalized spacial score (nSPS) is 32.3. The van der Waals surface area contributed by atoms with Gasteiger partial charge in [0.25, 0.3) is 0 Å². The van der Waals surface area contributed by atoms with Crippen molar-refractivity contribution >= 4 is 0 Å². The summed E-state index contributed by atoms with van der Waals surface area (Å²) in [6.45, 7) is 4.59. The molecule has 0 bridgehead atoms. The molecule has 1 nitrogen and oxygen atoms in total. The highest BCUT2D eigenvalue weighted by molar-refractivity contribution is 5.06. The monoisotopic (exact) mass is 359 g/mol. The van der Waals surface area contributed by atoms with Gasteiger partial charge in [-0.25, -0.2) is 0 Å². The van der Waals surface area contributed by atoms with Crippen molar-refractivity contribution in [1.82, 2.24) is 0 Å². The molecule has 0 spiro atoms. The van der Waals surface area contributed by atoms with Crippen LogP contribution in [0.2, 0.25) is 0 Å². The fraction of sp³-hybridized carbons (Fsp3) is 0.960. The molecule has 2 saturated carbocycles. The maximum atomic E-state index is 10.0. The van der Waals surface area contributed by atoms with Gasteiger partial charge in [-0.2, -0.15) is 5.26 Å². The van der Waals surface area contributed by atoms with Gasteiger partial charge < -0.3 is 0 Å². The SMILES string of the molecule is CCCCCCCC1CCC(C2(C#N)CCC(CCCCC)CC2)CC1. The fourth-order valence-corrected chi connectivity index (χ4v) is 5.82. The molecule has 1 heteroatoms. The standard InChI is InChI=1S/C25H45N/c1-3-5-7-8-10-12-22-13-15-24(16-14-22)25(21-26)19-17-23(18-20-25)11-9-6-4-2/h22-24H,3-20H2,1-2H3. The van der Waals surface area contributed by atoms with Crippen LogP contribution in [0.15, 0.2) is 0 Å². The molecule has 0 unspecified atom stereocenters. The Morgan fingerprint density at radius 2 is 1.19 bits per heavy atom. The van der Waals surface area contributed by atoms with Crippen LogP contribution in [0.3, 0.4) is 0 Å². The molecule has 2 aliphatic carbocycles. The van der Waals surface area contributed by atoms with E-state index < -0.39 is 0 Å². The molecule has 2 rings (SSSR count). The Labute approximate surface area is 164 Å². The van der Waals surface area contributed by atoms with Crippen LogP contribution >= 0.6 is 0 Å². The third-order valence-corrected chi connectivity index (χ3v) is 7.78. The van der Waals surface area contributed by atoms with E-state index in [9.17, 15) is 5.26 Å². The number of nitriles is 1. The highest BCUT2D eigenvalue weighted by atomic mass is 14.5. The van der Waals surface area contributed by atoms with Gasteiger partial charge in [-0.15, -0.1) is 0 Å². The lowest BCUT2D eigenvalue weighted by atomic mass is 9.59. The molecule has 2 aliphatic rings. The predicted octanol–water partition coefficient (Wildman–Crippen LogP) is 8.43. The van der Waals surface area contributed by atoms with Crippen molar-refractivity contribution in [1.29, 1.82) is 5.26 Å². The molecule has 0 heterocycles. The quantitative estimate of drug-likeness (QED) is 0.339. The summed E-state index contributed by atoms with van der Waals surface area (Å²) in [5.74, 6) is 2.59. The van der Waals surface area contributed by atoms with Gasteiger partial charge in [0.1, 0.15) is 0 Å². The van der Waals surface area contributed by atoms with Crippen LogP contribution < -0.4 is 0 Å². The minimum absolute atomic E-state index is 0.0490. The highest BCUT2D eigenvalue weighted by Crippen LogP contribution is 2.51. The molecule has 0 aromatic heterocycles. The smallest absolute Gasteiger partial charge is 0.0692 e. The zero-order valence-electron chi connectivity index (χ0n) is 17.9. The van der Waals surface area contributed by atoms with Gasteiger partial charge in [-0.05, 0) is 56.3 Å². The maximum absolute atomic E-state index is 10.0. The van der Waals surface area contributed by atoms with Crippen LogP contribution in [0.4, 0.5) is 0 Å². The third kappa shape index (κ3) is 6.58. The average Bonchev–Trinajstić information content (AvgIpc) is 2.69. The van der Waals surface area contributed by atoms with Crippen molar-refractivity contribution in [2.75, 3.05) is 0 Å². The molecule has 0 aliphatic heterocycles. The van der Waals surface area contributed by atoms with Gasteiger partial charge in [0.05, 0.1) is 11.5 Å². The first kappa shape index (κ1) is 21.8. The van der Waals surface area contributed by atoms with E-state index in [1.165, 1.54) is 116 Å². The second-order valence-corrected chi connectivity index (χ2v) is 9.63. The van der Waals surface area contributed by atoms with Crippen LogP contribution in [0.5, 0.6) is 0 Å². The lowest BCUT2D eigenvalue weighted by molar-refractivity contribution is 0.0842. The average molecular weight is 360 g/mol. The zero-order chi connectivity index (χ0) is 18.7. The Kier molecular flexibility index (Phi) is 10.1. The summed E-state index contributed by atoms with van der Waals surface area (Å²) in [5.41, 5.74) is 0.0490. The fourth-order valence-electron chi connectivity index (χ4n) is 5.82. The topological polar surface area (TPSA) is 23.8 Å². The van der Waals surface area contributed by atoms with Crippen molar-refractivity contribution in [3.05, 3.63) is 0 Å². The number of unbranched alkanes of at least 4 members (excludes halogenated alkanes) is 6. The molecule has 2 fully saturated rings. The molecule has 0 radical (unpaired) electrons.